The minimum Gasteiger partial charge on any atom is -0.394 e. The Balaban J connectivity index is 3.43. The van der Waals surface area contributed by atoms with Crippen molar-refractivity contribution in [3.05, 3.63) is 12.2 Å². The molecule has 0 spiro atoms. The van der Waals surface area contributed by atoms with Gasteiger partial charge in [-0.05, 0) is 38.5 Å². The van der Waals surface area contributed by atoms with Gasteiger partial charge in [-0.15, -0.1) is 0 Å². The Morgan fingerprint density at radius 2 is 0.613 bits per heavy atom. The summed E-state index contributed by atoms with van der Waals surface area (Å²) < 4.78 is 0. The molecule has 0 rings (SSSR count). The molecule has 4 heteroatoms. The van der Waals surface area contributed by atoms with Crippen LogP contribution in [0.25, 0.3) is 0 Å². The first-order valence-electron chi connectivity index (χ1n) is 28.9. The van der Waals surface area contributed by atoms with Crippen molar-refractivity contribution in [2.75, 3.05) is 6.61 Å². The number of unbranched alkanes of at least 4 members (excludes halogenated alkanes) is 45. The molecule has 0 saturated heterocycles. The molecule has 0 radical (unpaired) electrons. The zero-order valence-electron chi connectivity index (χ0n) is 42.7. The number of amides is 1. The summed E-state index contributed by atoms with van der Waals surface area (Å²) in [5.41, 5.74) is 0. The maximum absolute atomic E-state index is 12.5. The fourth-order valence-corrected chi connectivity index (χ4v) is 9.36. The van der Waals surface area contributed by atoms with Crippen LogP contribution in [0.5, 0.6) is 0 Å². The molecule has 0 fully saturated rings. The van der Waals surface area contributed by atoms with Crippen molar-refractivity contribution < 1.29 is 15.0 Å². The Hall–Kier alpha value is -0.870. The van der Waals surface area contributed by atoms with Crippen LogP contribution in [0.3, 0.4) is 0 Å². The van der Waals surface area contributed by atoms with Gasteiger partial charge in [0.2, 0.25) is 5.91 Å². The lowest BCUT2D eigenvalue weighted by Gasteiger charge is -2.22. The number of rotatable bonds is 54. The van der Waals surface area contributed by atoms with E-state index in [0.29, 0.717) is 12.8 Å². The predicted octanol–water partition coefficient (Wildman–Crippen LogP) is 18.9. The largest absolute Gasteiger partial charge is 0.394 e. The smallest absolute Gasteiger partial charge is 0.220 e. The van der Waals surface area contributed by atoms with Crippen molar-refractivity contribution in [1.82, 2.24) is 5.32 Å². The first kappa shape index (κ1) is 61.1. The van der Waals surface area contributed by atoms with Crippen LogP contribution in [0.4, 0.5) is 0 Å². The van der Waals surface area contributed by atoms with E-state index in [4.69, 9.17) is 0 Å². The molecule has 3 N–H and O–H groups in total. The van der Waals surface area contributed by atoms with E-state index in [0.717, 1.165) is 25.7 Å². The molecule has 0 aliphatic rings. The average Bonchev–Trinajstić information content (AvgIpc) is 3.28. The first-order valence-corrected chi connectivity index (χ1v) is 28.9. The van der Waals surface area contributed by atoms with Gasteiger partial charge in [-0.3, -0.25) is 4.79 Å². The number of hydrogen-bond acceptors (Lipinski definition) is 3. The van der Waals surface area contributed by atoms with Crippen molar-refractivity contribution in [2.45, 2.75) is 347 Å². The summed E-state index contributed by atoms with van der Waals surface area (Å²) in [6.45, 7) is 4.40. The lowest BCUT2D eigenvalue weighted by molar-refractivity contribution is -0.123. The second kappa shape index (κ2) is 54.5. The van der Waals surface area contributed by atoms with Gasteiger partial charge in [0.25, 0.3) is 0 Å². The third kappa shape index (κ3) is 50.1. The number of aliphatic hydroxyl groups excluding tert-OH is 2. The van der Waals surface area contributed by atoms with E-state index in [1.807, 2.05) is 0 Å². The molecule has 2 unspecified atom stereocenters. The van der Waals surface area contributed by atoms with Gasteiger partial charge in [-0.2, -0.15) is 0 Å². The standard InChI is InChI=1S/C58H115NO3/c1-3-5-7-9-11-13-15-17-19-21-23-25-27-29-31-33-35-37-39-41-43-45-47-49-51-53-57(61)56(55-60)59-58(62)54-52-50-48-46-44-42-40-38-36-34-32-30-28-26-24-22-20-18-16-14-12-10-8-6-4-2/h30,32,56-57,60-61H,3-29,31,33-55H2,1-2H3,(H,59,62)/b32-30-. The first-order chi connectivity index (χ1) is 30.7. The molecule has 4 nitrogen and oxygen atoms in total. The van der Waals surface area contributed by atoms with E-state index in [1.54, 1.807) is 0 Å². The molecule has 0 aromatic carbocycles. The second-order valence-electron chi connectivity index (χ2n) is 20.1. The number of carbonyl (C=O) groups is 1. The summed E-state index contributed by atoms with van der Waals surface area (Å²) in [7, 11) is 0. The number of nitrogens with one attached hydrogen (secondary N) is 1. The molecule has 62 heavy (non-hydrogen) atoms. The quantitative estimate of drug-likeness (QED) is 0.0421. The fraction of sp³-hybridized carbons (Fsp3) is 0.948. The van der Waals surface area contributed by atoms with E-state index >= 15 is 0 Å². The van der Waals surface area contributed by atoms with Gasteiger partial charge in [-0.1, -0.05) is 302 Å². The molecule has 0 aromatic heterocycles. The normalized spacial score (nSPS) is 12.8. The van der Waals surface area contributed by atoms with Crippen molar-refractivity contribution in [3.8, 4) is 0 Å². The molecular weight excluding hydrogens is 759 g/mol. The highest BCUT2D eigenvalue weighted by Crippen LogP contribution is 2.18. The van der Waals surface area contributed by atoms with E-state index in [2.05, 4.69) is 31.3 Å². The Labute approximate surface area is 390 Å². The predicted molar refractivity (Wildman–Crippen MR) is 276 cm³/mol. The Bertz CT molecular complexity index is 860. The monoisotopic (exact) mass is 874 g/mol. The van der Waals surface area contributed by atoms with Gasteiger partial charge in [0.15, 0.2) is 0 Å². The molecule has 0 bridgehead atoms. The summed E-state index contributed by atoms with van der Waals surface area (Å²) in [5.74, 6) is -0.0268. The van der Waals surface area contributed by atoms with Gasteiger partial charge in [0.05, 0.1) is 18.8 Å². The highest BCUT2D eigenvalue weighted by Gasteiger charge is 2.20. The van der Waals surface area contributed by atoms with Crippen LogP contribution in [0.1, 0.15) is 335 Å². The van der Waals surface area contributed by atoms with Crippen LogP contribution in [-0.4, -0.2) is 34.9 Å². The van der Waals surface area contributed by atoms with Crippen LogP contribution in [0.15, 0.2) is 12.2 Å². The van der Waals surface area contributed by atoms with Crippen LogP contribution in [0.2, 0.25) is 0 Å². The van der Waals surface area contributed by atoms with Crippen molar-refractivity contribution in [3.63, 3.8) is 0 Å². The molecule has 2 atom stereocenters. The zero-order chi connectivity index (χ0) is 44.9. The molecule has 1 amide bonds. The summed E-state index contributed by atoms with van der Waals surface area (Å²) in [6, 6.07) is -0.536. The van der Waals surface area contributed by atoms with Crippen LogP contribution >= 0.6 is 0 Å². The number of hydrogen-bond donors (Lipinski definition) is 3. The Morgan fingerprint density at radius 3 is 0.887 bits per heavy atom. The molecule has 0 aliphatic carbocycles. The molecular formula is C58H115NO3. The summed E-state index contributed by atoms with van der Waals surface area (Å²) >= 11 is 0. The van der Waals surface area contributed by atoms with Gasteiger partial charge in [0, 0.05) is 6.42 Å². The molecule has 0 aliphatic heterocycles. The minimum atomic E-state index is -0.659. The SMILES string of the molecule is CCCCCCCCCCCCCC/C=C\CCCCCCCCCCCC(=O)NC(CO)C(O)CCCCCCCCCCCCCCCCCCCCCCCCCCC. The lowest BCUT2D eigenvalue weighted by atomic mass is 10.0. The van der Waals surface area contributed by atoms with E-state index in [-0.39, 0.29) is 12.5 Å². The van der Waals surface area contributed by atoms with Crippen molar-refractivity contribution >= 4 is 5.91 Å². The molecule has 0 heterocycles. The fourth-order valence-electron chi connectivity index (χ4n) is 9.36. The van der Waals surface area contributed by atoms with E-state index in [1.165, 1.54) is 283 Å². The zero-order valence-corrected chi connectivity index (χ0v) is 42.7. The van der Waals surface area contributed by atoms with Crippen molar-refractivity contribution in [2.24, 2.45) is 0 Å². The highest BCUT2D eigenvalue weighted by molar-refractivity contribution is 5.76. The van der Waals surface area contributed by atoms with Gasteiger partial charge in [0.1, 0.15) is 0 Å². The van der Waals surface area contributed by atoms with Crippen LogP contribution < -0.4 is 5.32 Å². The van der Waals surface area contributed by atoms with Gasteiger partial charge in [-0.25, -0.2) is 0 Å². The lowest BCUT2D eigenvalue weighted by Crippen LogP contribution is -2.45. The van der Waals surface area contributed by atoms with Gasteiger partial charge >= 0.3 is 0 Å². The number of aliphatic hydroxyl groups is 2. The van der Waals surface area contributed by atoms with Crippen LogP contribution in [-0.2, 0) is 4.79 Å². The van der Waals surface area contributed by atoms with Crippen molar-refractivity contribution in [1.29, 1.82) is 0 Å². The Morgan fingerprint density at radius 1 is 0.371 bits per heavy atom. The third-order valence-corrected chi connectivity index (χ3v) is 13.8. The topological polar surface area (TPSA) is 69.6 Å². The number of allylic oxidation sites excluding steroid dienone is 2. The summed E-state index contributed by atoms with van der Waals surface area (Å²) in [6.07, 6.45) is 70.6. The minimum absolute atomic E-state index is 0.0268. The maximum atomic E-state index is 12.5. The number of carbonyl (C=O) groups excluding carboxylic acids is 1. The van der Waals surface area contributed by atoms with Crippen LogP contribution in [0, 0.1) is 0 Å². The molecule has 0 aromatic rings. The molecule has 370 valence electrons. The third-order valence-electron chi connectivity index (χ3n) is 13.8. The Kier molecular flexibility index (Phi) is 53.7. The van der Waals surface area contributed by atoms with E-state index < -0.39 is 12.1 Å². The maximum Gasteiger partial charge on any atom is 0.220 e. The average molecular weight is 875 g/mol. The molecule has 0 saturated carbocycles. The second-order valence-corrected chi connectivity index (χ2v) is 20.1. The van der Waals surface area contributed by atoms with Gasteiger partial charge < -0.3 is 15.5 Å². The highest BCUT2D eigenvalue weighted by atomic mass is 16.3. The van der Waals surface area contributed by atoms with E-state index in [9.17, 15) is 15.0 Å². The summed E-state index contributed by atoms with van der Waals surface area (Å²) in [4.78, 5) is 12.5. The summed E-state index contributed by atoms with van der Waals surface area (Å²) in [5, 5.41) is 23.4.